The van der Waals surface area contributed by atoms with Gasteiger partial charge in [0.1, 0.15) is 5.82 Å². The fourth-order valence-electron chi connectivity index (χ4n) is 2.15. The van der Waals surface area contributed by atoms with E-state index in [0.717, 1.165) is 24.3 Å². The number of rotatable bonds is 4. The van der Waals surface area contributed by atoms with Crippen molar-refractivity contribution in [2.45, 2.75) is 6.18 Å². The zero-order chi connectivity index (χ0) is 19.6. The third-order valence-corrected chi connectivity index (χ3v) is 3.40. The number of aromatic nitrogens is 2. The van der Waals surface area contributed by atoms with E-state index in [0.29, 0.717) is 0 Å². The molecular formula is C17H10F6N4. The second-order valence-corrected chi connectivity index (χ2v) is 5.32. The summed E-state index contributed by atoms with van der Waals surface area (Å²) in [6.45, 7) is 0. The van der Waals surface area contributed by atoms with Crippen LogP contribution in [0.1, 0.15) is 5.56 Å². The first-order valence-corrected chi connectivity index (χ1v) is 7.42. The summed E-state index contributed by atoms with van der Waals surface area (Å²) in [5.74, 6) is -4.48. The number of benzene rings is 2. The van der Waals surface area contributed by atoms with Crippen LogP contribution in [0.5, 0.6) is 0 Å². The van der Waals surface area contributed by atoms with E-state index in [2.05, 4.69) is 20.6 Å². The molecule has 0 aliphatic heterocycles. The van der Waals surface area contributed by atoms with Crippen molar-refractivity contribution in [1.29, 1.82) is 0 Å². The van der Waals surface area contributed by atoms with Crippen molar-refractivity contribution in [3.8, 4) is 0 Å². The van der Waals surface area contributed by atoms with E-state index in [1.807, 2.05) is 0 Å². The Labute approximate surface area is 148 Å². The van der Waals surface area contributed by atoms with Crippen molar-refractivity contribution in [1.82, 2.24) is 9.97 Å². The molecule has 27 heavy (non-hydrogen) atoms. The molecule has 0 unspecified atom stereocenters. The van der Waals surface area contributed by atoms with E-state index in [-0.39, 0.29) is 23.1 Å². The lowest BCUT2D eigenvalue weighted by Gasteiger charge is -2.11. The summed E-state index contributed by atoms with van der Waals surface area (Å²) in [5.41, 5.74) is -1.13. The SMILES string of the molecule is Fc1ccc(Nc2ccnc(Nc3cccc(C(F)(F)F)c3)n2)c(F)c1F. The average molecular weight is 384 g/mol. The van der Waals surface area contributed by atoms with Gasteiger partial charge in [0.05, 0.1) is 11.3 Å². The quantitative estimate of drug-likeness (QED) is 0.467. The molecule has 2 N–H and O–H groups in total. The van der Waals surface area contributed by atoms with Crippen LogP contribution in [0.3, 0.4) is 0 Å². The minimum absolute atomic E-state index is 0.0179. The third kappa shape index (κ3) is 4.27. The van der Waals surface area contributed by atoms with E-state index in [1.165, 1.54) is 24.4 Å². The predicted molar refractivity (Wildman–Crippen MR) is 86.4 cm³/mol. The highest BCUT2D eigenvalue weighted by Crippen LogP contribution is 2.31. The minimum atomic E-state index is -4.51. The first kappa shape index (κ1) is 18.5. The normalized spacial score (nSPS) is 11.3. The molecule has 0 amide bonds. The molecule has 1 heterocycles. The zero-order valence-corrected chi connectivity index (χ0v) is 13.3. The number of nitrogens with one attached hydrogen (secondary N) is 2. The van der Waals surface area contributed by atoms with Gasteiger partial charge < -0.3 is 10.6 Å². The van der Waals surface area contributed by atoms with Gasteiger partial charge in [0.15, 0.2) is 17.5 Å². The molecule has 0 bridgehead atoms. The maximum atomic E-state index is 13.7. The maximum Gasteiger partial charge on any atom is 0.416 e. The average Bonchev–Trinajstić information content (AvgIpc) is 2.62. The number of alkyl halides is 3. The summed E-state index contributed by atoms with van der Waals surface area (Å²) in [5, 5.41) is 5.04. The fraction of sp³-hybridized carbons (Fsp3) is 0.0588. The number of hydrogen-bond acceptors (Lipinski definition) is 4. The van der Waals surface area contributed by atoms with Crippen molar-refractivity contribution in [3.63, 3.8) is 0 Å². The lowest BCUT2D eigenvalue weighted by Crippen LogP contribution is -2.06. The molecular weight excluding hydrogens is 374 g/mol. The summed E-state index contributed by atoms with van der Waals surface area (Å²) in [6, 6.07) is 7.42. The third-order valence-electron chi connectivity index (χ3n) is 3.40. The molecule has 2 aromatic carbocycles. The molecule has 10 heteroatoms. The monoisotopic (exact) mass is 384 g/mol. The molecule has 0 aliphatic carbocycles. The zero-order valence-electron chi connectivity index (χ0n) is 13.3. The smallest absolute Gasteiger partial charge is 0.338 e. The van der Waals surface area contributed by atoms with Crippen LogP contribution in [0.25, 0.3) is 0 Å². The lowest BCUT2D eigenvalue weighted by atomic mass is 10.2. The Bertz CT molecular complexity index is 974. The highest BCUT2D eigenvalue weighted by Gasteiger charge is 2.30. The summed E-state index contributed by atoms with van der Waals surface area (Å²) in [6.07, 6.45) is -3.25. The van der Waals surface area contributed by atoms with Crippen molar-refractivity contribution < 1.29 is 26.3 Å². The van der Waals surface area contributed by atoms with Crippen LogP contribution in [0, 0.1) is 17.5 Å². The second-order valence-electron chi connectivity index (χ2n) is 5.32. The molecule has 0 saturated heterocycles. The van der Waals surface area contributed by atoms with Crippen molar-refractivity contribution in [2.24, 2.45) is 0 Å². The van der Waals surface area contributed by atoms with Crippen molar-refractivity contribution in [3.05, 3.63) is 71.7 Å². The minimum Gasteiger partial charge on any atom is -0.338 e. The second kappa shape index (κ2) is 7.14. The Hall–Kier alpha value is -3.30. The maximum absolute atomic E-state index is 13.7. The molecule has 0 atom stereocenters. The van der Waals surface area contributed by atoms with Gasteiger partial charge in [-0.2, -0.15) is 18.2 Å². The first-order valence-electron chi connectivity index (χ1n) is 7.42. The molecule has 3 aromatic rings. The molecule has 0 spiro atoms. The fourth-order valence-corrected chi connectivity index (χ4v) is 2.15. The van der Waals surface area contributed by atoms with Gasteiger partial charge >= 0.3 is 6.18 Å². The Kier molecular flexibility index (Phi) is 4.89. The number of nitrogens with zero attached hydrogens (tertiary/aromatic N) is 2. The topological polar surface area (TPSA) is 49.8 Å². The van der Waals surface area contributed by atoms with Gasteiger partial charge in [-0.25, -0.2) is 18.2 Å². The van der Waals surface area contributed by atoms with E-state index in [1.54, 1.807) is 0 Å². The Morgan fingerprint density at radius 2 is 1.63 bits per heavy atom. The van der Waals surface area contributed by atoms with Crippen LogP contribution in [-0.2, 0) is 6.18 Å². The molecule has 1 aromatic heterocycles. The van der Waals surface area contributed by atoms with Crippen LogP contribution in [-0.4, -0.2) is 9.97 Å². The lowest BCUT2D eigenvalue weighted by molar-refractivity contribution is -0.137. The molecule has 0 aliphatic rings. The summed E-state index contributed by atoms with van der Waals surface area (Å²) < 4.78 is 78.2. The van der Waals surface area contributed by atoms with Crippen LogP contribution in [0.15, 0.2) is 48.7 Å². The molecule has 140 valence electrons. The molecule has 4 nitrogen and oxygen atoms in total. The van der Waals surface area contributed by atoms with Gasteiger partial charge in [-0.1, -0.05) is 6.07 Å². The van der Waals surface area contributed by atoms with E-state index in [9.17, 15) is 26.3 Å². The number of anilines is 4. The predicted octanol–water partition coefficient (Wildman–Crippen LogP) is 5.40. The van der Waals surface area contributed by atoms with Gasteiger partial charge in [0.2, 0.25) is 5.95 Å². The van der Waals surface area contributed by atoms with Gasteiger partial charge in [-0.15, -0.1) is 0 Å². The Balaban J connectivity index is 1.82. The first-order chi connectivity index (χ1) is 12.7. The van der Waals surface area contributed by atoms with Crippen LogP contribution < -0.4 is 10.6 Å². The summed E-state index contributed by atoms with van der Waals surface area (Å²) >= 11 is 0. The van der Waals surface area contributed by atoms with Gasteiger partial charge in [-0.05, 0) is 36.4 Å². The highest BCUT2D eigenvalue weighted by molar-refractivity contribution is 5.60. The standard InChI is InChI=1S/C17H10F6N4/c18-11-4-5-12(15(20)14(11)19)26-13-6-7-24-16(27-13)25-10-3-1-2-9(8-10)17(21,22)23/h1-8H,(H2,24,25,26,27). The molecule has 0 radical (unpaired) electrons. The number of halogens is 6. The van der Waals surface area contributed by atoms with Crippen LogP contribution >= 0.6 is 0 Å². The van der Waals surface area contributed by atoms with E-state index in [4.69, 9.17) is 0 Å². The van der Waals surface area contributed by atoms with Gasteiger partial charge in [-0.3, -0.25) is 0 Å². The van der Waals surface area contributed by atoms with Gasteiger partial charge in [0.25, 0.3) is 0 Å². The highest BCUT2D eigenvalue weighted by atomic mass is 19.4. The Morgan fingerprint density at radius 1 is 0.852 bits per heavy atom. The van der Waals surface area contributed by atoms with Gasteiger partial charge in [0, 0.05) is 11.9 Å². The summed E-state index contributed by atoms with van der Waals surface area (Å²) in [4.78, 5) is 7.80. The van der Waals surface area contributed by atoms with Crippen LogP contribution in [0.4, 0.5) is 49.5 Å². The molecule has 0 fully saturated rings. The Morgan fingerprint density at radius 3 is 2.37 bits per heavy atom. The molecule has 3 rings (SSSR count). The van der Waals surface area contributed by atoms with E-state index < -0.39 is 29.2 Å². The van der Waals surface area contributed by atoms with Crippen molar-refractivity contribution in [2.75, 3.05) is 10.6 Å². The number of hydrogen-bond donors (Lipinski definition) is 2. The molecule has 0 saturated carbocycles. The van der Waals surface area contributed by atoms with E-state index >= 15 is 0 Å². The largest absolute Gasteiger partial charge is 0.416 e. The summed E-state index contributed by atoms with van der Waals surface area (Å²) in [7, 11) is 0. The van der Waals surface area contributed by atoms with Crippen LogP contribution in [0.2, 0.25) is 0 Å². The van der Waals surface area contributed by atoms with Crippen molar-refractivity contribution >= 4 is 23.1 Å².